The number of aromatic nitrogens is 4. The van der Waals surface area contributed by atoms with Crippen molar-refractivity contribution in [1.29, 1.82) is 0 Å². The van der Waals surface area contributed by atoms with Crippen molar-refractivity contribution in [3.8, 4) is 11.4 Å². The number of ether oxygens (including phenoxy) is 2. The van der Waals surface area contributed by atoms with Crippen molar-refractivity contribution in [3.05, 3.63) is 50.3 Å². The van der Waals surface area contributed by atoms with Gasteiger partial charge < -0.3 is 9.47 Å². The molecule has 0 saturated heterocycles. The first-order valence-corrected chi connectivity index (χ1v) is 9.67. The highest BCUT2D eigenvalue weighted by atomic mass is 79.9. The van der Waals surface area contributed by atoms with Crippen molar-refractivity contribution in [2.75, 3.05) is 14.2 Å². The molecule has 0 saturated carbocycles. The highest BCUT2D eigenvalue weighted by Crippen LogP contribution is 2.36. The van der Waals surface area contributed by atoms with Gasteiger partial charge in [0.25, 0.3) is 5.56 Å². The summed E-state index contributed by atoms with van der Waals surface area (Å²) in [4.78, 5) is 18.5. The van der Waals surface area contributed by atoms with Crippen molar-refractivity contribution < 1.29 is 9.47 Å². The molecule has 0 bridgehead atoms. The van der Waals surface area contributed by atoms with E-state index in [0.717, 1.165) is 25.9 Å². The zero-order valence-electron chi connectivity index (χ0n) is 14.8. The number of nitrogens with zero attached hydrogens (tertiary/aromatic N) is 4. The van der Waals surface area contributed by atoms with E-state index < -0.39 is 0 Å². The predicted octanol–water partition coefficient (Wildman–Crippen LogP) is 3.62. The highest BCUT2D eigenvalue weighted by Gasteiger charge is 2.21. The molecule has 0 fully saturated rings. The largest absolute Gasteiger partial charge is 0.494 e. The van der Waals surface area contributed by atoms with Crippen LogP contribution in [0.25, 0.3) is 26.1 Å². The number of rotatable bonds is 4. The Hall–Kier alpha value is -2.36. The third-order valence-corrected chi connectivity index (χ3v) is 6.35. The minimum Gasteiger partial charge on any atom is -0.494 e. The summed E-state index contributed by atoms with van der Waals surface area (Å²) < 4.78 is 13.3. The Morgan fingerprint density at radius 2 is 2.04 bits per heavy atom. The molecule has 3 heterocycles. The Bertz CT molecular complexity index is 1230. The number of fused-ring (bicyclic) bond motifs is 3. The number of halogens is 1. The lowest BCUT2D eigenvalue weighted by Gasteiger charge is -2.09. The molecular formula is C18H15BrN4O3S. The van der Waals surface area contributed by atoms with Gasteiger partial charge in [0.05, 0.1) is 19.4 Å². The molecule has 4 rings (SSSR count). The molecule has 0 aliphatic heterocycles. The number of aryl methyl sites for hydroxylation is 1. The van der Waals surface area contributed by atoms with Crippen LogP contribution >= 0.6 is 27.3 Å². The van der Waals surface area contributed by atoms with Crippen LogP contribution < -0.4 is 10.3 Å². The first kappa shape index (κ1) is 18.0. The Balaban J connectivity index is 2.07. The summed E-state index contributed by atoms with van der Waals surface area (Å²) in [5, 5.41) is 9.30. The van der Waals surface area contributed by atoms with Crippen LogP contribution in [0.4, 0.5) is 0 Å². The molecule has 0 atom stereocenters. The van der Waals surface area contributed by atoms with E-state index in [1.807, 2.05) is 19.1 Å². The van der Waals surface area contributed by atoms with Gasteiger partial charge in [-0.25, -0.2) is 4.98 Å². The fraction of sp³-hybridized carbons (Fsp3) is 0.222. The average Bonchev–Trinajstić information content (AvgIpc) is 3.04. The van der Waals surface area contributed by atoms with Crippen LogP contribution in [0.5, 0.6) is 5.75 Å². The van der Waals surface area contributed by atoms with Gasteiger partial charge in [-0.05, 0) is 35.0 Å². The molecule has 4 aromatic rings. The molecule has 9 heteroatoms. The van der Waals surface area contributed by atoms with Gasteiger partial charge in [0, 0.05) is 22.5 Å². The monoisotopic (exact) mass is 446 g/mol. The maximum atomic E-state index is 13.2. The van der Waals surface area contributed by atoms with Crippen molar-refractivity contribution in [2.24, 2.45) is 0 Å². The second-order valence-corrected chi connectivity index (χ2v) is 7.65. The molecule has 1 aromatic carbocycles. The van der Waals surface area contributed by atoms with Gasteiger partial charge in [-0.1, -0.05) is 17.3 Å². The van der Waals surface area contributed by atoms with Crippen LogP contribution in [0.15, 0.2) is 33.5 Å². The minimum absolute atomic E-state index is 0.260. The van der Waals surface area contributed by atoms with Gasteiger partial charge in [-0.2, -0.15) is 4.68 Å². The smallest absolute Gasteiger partial charge is 0.292 e. The van der Waals surface area contributed by atoms with E-state index >= 15 is 0 Å². The van der Waals surface area contributed by atoms with Crippen molar-refractivity contribution in [2.45, 2.75) is 13.5 Å². The zero-order valence-corrected chi connectivity index (χ0v) is 17.2. The topological polar surface area (TPSA) is 79.1 Å². The molecule has 0 aliphatic rings. The number of hydrogen-bond acceptors (Lipinski definition) is 7. The molecular weight excluding hydrogens is 432 g/mol. The predicted molar refractivity (Wildman–Crippen MR) is 108 cm³/mol. The molecule has 0 radical (unpaired) electrons. The second kappa shape index (κ2) is 6.99. The number of thiophene rings is 1. The second-order valence-electron chi connectivity index (χ2n) is 5.86. The average molecular weight is 447 g/mol. The van der Waals surface area contributed by atoms with E-state index in [-0.39, 0.29) is 5.56 Å². The molecule has 0 unspecified atom stereocenters. The zero-order chi connectivity index (χ0) is 19.1. The quantitative estimate of drug-likeness (QED) is 0.476. The van der Waals surface area contributed by atoms with Crippen LogP contribution in [-0.2, 0) is 11.3 Å². The van der Waals surface area contributed by atoms with Gasteiger partial charge in [0.2, 0.25) is 0 Å². The fourth-order valence-electron chi connectivity index (χ4n) is 3.00. The first-order valence-electron chi connectivity index (χ1n) is 8.06. The van der Waals surface area contributed by atoms with Crippen LogP contribution in [0.1, 0.15) is 11.3 Å². The van der Waals surface area contributed by atoms with E-state index in [0.29, 0.717) is 28.3 Å². The molecule has 0 amide bonds. The van der Waals surface area contributed by atoms with Crippen LogP contribution in [0.2, 0.25) is 0 Å². The Kier molecular flexibility index (Phi) is 4.67. The van der Waals surface area contributed by atoms with Crippen LogP contribution in [0, 0.1) is 6.92 Å². The lowest BCUT2D eigenvalue weighted by molar-refractivity contribution is 0.185. The first-order chi connectivity index (χ1) is 13.1. The summed E-state index contributed by atoms with van der Waals surface area (Å²) in [5.74, 6) is 0.547. The third kappa shape index (κ3) is 2.82. The molecule has 3 aromatic heterocycles. The maximum absolute atomic E-state index is 13.2. The maximum Gasteiger partial charge on any atom is 0.292 e. The molecule has 0 N–H and O–H groups in total. The van der Waals surface area contributed by atoms with E-state index in [1.54, 1.807) is 26.4 Å². The van der Waals surface area contributed by atoms with Crippen LogP contribution in [0.3, 0.4) is 0 Å². The number of benzene rings is 1. The van der Waals surface area contributed by atoms with E-state index in [9.17, 15) is 4.79 Å². The van der Waals surface area contributed by atoms with Crippen molar-refractivity contribution >= 4 is 47.7 Å². The highest BCUT2D eigenvalue weighted by molar-refractivity contribution is 9.10. The summed E-state index contributed by atoms with van der Waals surface area (Å²) in [7, 11) is 3.18. The third-order valence-electron chi connectivity index (χ3n) is 4.24. The minimum atomic E-state index is -0.260. The molecule has 7 nitrogen and oxygen atoms in total. The molecule has 138 valence electrons. The summed E-state index contributed by atoms with van der Waals surface area (Å²) in [5.41, 5.74) is 2.56. The number of para-hydroxylation sites is 2. The number of pyridine rings is 1. The fourth-order valence-corrected chi connectivity index (χ4v) is 4.51. The van der Waals surface area contributed by atoms with Crippen molar-refractivity contribution in [3.63, 3.8) is 0 Å². The molecule has 0 spiro atoms. The van der Waals surface area contributed by atoms with Gasteiger partial charge in [-0.15, -0.1) is 16.4 Å². The van der Waals surface area contributed by atoms with Gasteiger partial charge >= 0.3 is 0 Å². The number of hydrogen-bond donors (Lipinski definition) is 0. The van der Waals surface area contributed by atoms with E-state index in [2.05, 4.69) is 31.2 Å². The Morgan fingerprint density at radius 3 is 2.78 bits per heavy atom. The van der Waals surface area contributed by atoms with Crippen molar-refractivity contribution in [1.82, 2.24) is 20.0 Å². The van der Waals surface area contributed by atoms with E-state index in [1.165, 1.54) is 16.0 Å². The lowest BCUT2D eigenvalue weighted by Crippen LogP contribution is -2.22. The normalized spacial score (nSPS) is 11.4. The Labute approximate surface area is 166 Å². The standard InChI is InChI=1S/C18H15BrN4O3S/c1-9-14(19)10(8-25-2)13-15-16(27-17(13)20-9)18(24)23(22-21-15)11-6-4-5-7-12(11)26-3/h4-7H,8H2,1-3H3. The van der Waals surface area contributed by atoms with Gasteiger partial charge in [0.1, 0.15) is 26.5 Å². The number of methoxy groups -OCH3 is 2. The van der Waals surface area contributed by atoms with Gasteiger partial charge in [-0.3, -0.25) is 4.79 Å². The lowest BCUT2D eigenvalue weighted by atomic mass is 10.1. The SMILES string of the molecule is COCc1c(Br)c(C)nc2sc3c(=O)n(-c4ccccc4OC)nnc3c12. The van der Waals surface area contributed by atoms with E-state index in [4.69, 9.17) is 9.47 Å². The summed E-state index contributed by atoms with van der Waals surface area (Å²) in [6.07, 6.45) is 0. The van der Waals surface area contributed by atoms with Gasteiger partial charge in [0.15, 0.2) is 0 Å². The summed E-state index contributed by atoms with van der Waals surface area (Å²) in [6, 6.07) is 7.19. The van der Waals surface area contributed by atoms with Crippen LogP contribution in [-0.4, -0.2) is 34.2 Å². The Morgan fingerprint density at radius 1 is 1.26 bits per heavy atom. The summed E-state index contributed by atoms with van der Waals surface area (Å²) >= 11 is 4.88. The molecule has 0 aliphatic carbocycles. The summed E-state index contributed by atoms with van der Waals surface area (Å²) in [6.45, 7) is 2.29. The molecule has 27 heavy (non-hydrogen) atoms.